The van der Waals surface area contributed by atoms with E-state index in [9.17, 15) is 9.59 Å². The van der Waals surface area contributed by atoms with E-state index in [-0.39, 0.29) is 16.7 Å². The van der Waals surface area contributed by atoms with Crippen LogP contribution in [0, 0.1) is 19.8 Å². The maximum atomic E-state index is 13.5. The molecule has 1 fully saturated rings. The molecule has 0 bridgehead atoms. The van der Waals surface area contributed by atoms with Gasteiger partial charge in [0.05, 0.1) is 22.9 Å². The lowest BCUT2D eigenvalue weighted by molar-refractivity contribution is -0.131. The normalized spacial score (nSPS) is 16.1. The maximum Gasteiger partial charge on any atom is 0.263 e. The van der Waals surface area contributed by atoms with E-state index in [4.69, 9.17) is 4.98 Å². The molecule has 8 heteroatoms. The average Bonchev–Trinajstić information content (AvgIpc) is 3.05. The molecule has 0 spiro atoms. The Labute approximate surface area is 190 Å². The summed E-state index contributed by atoms with van der Waals surface area (Å²) in [6, 6.07) is 5.67. The third-order valence-corrected chi connectivity index (χ3v) is 8.20. The van der Waals surface area contributed by atoms with Gasteiger partial charge in [-0.15, -0.1) is 11.3 Å². The number of carbonyl (C=O) groups is 1. The highest BCUT2D eigenvalue weighted by atomic mass is 32.2. The minimum atomic E-state index is -0.310. The van der Waals surface area contributed by atoms with Crippen molar-refractivity contribution in [1.29, 1.82) is 0 Å². The molecule has 1 unspecified atom stereocenters. The average molecular weight is 457 g/mol. The van der Waals surface area contributed by atoms with Crippen LogP contribution in [0.15, 0.2) is 34.3 Å². The number of rotatable bonds is 5. The predicted octanol–water partition coefficient (Wildman–Crippen LogP) is 4.26. The highest BCUT2D eigenvalue weighted by Crippen LogP contribution is 2.31. The predicted molar refractivity (Wildman–Crippen MR) is 127 cm³/mol. The molecule has 4 rings (SSSR count). The van der Waals surface area contributed by atoms with Gasteiger partial charge >= 0.3 is 0 Å². The number of carbonyl (C=O) groups excluding carboxylic acids is 1. The molecule has 0 aliphatic carbocycles. The zero-order valence-corrected chi connectivity index (χ0v) is 20.1. The molecule has 0 saturated carbocycles. The van der Waals surface area contributed by atoms with Crippen molar-refractivity contribution in [3.05, 3.63) is 50.9 Å². The number of thioether (sulfide) groups is 1. The molecule has 0 aromatic carbocycles. The Bertz CT molecular complexity index is 1150. The Morgan fingerprint density at radius 3 is 2.71 bits per heavy atom. The second-order valence-electron chi connectivity index (χ2n) is 8.34. The van der Waals surface area contributed by atoms with Crippen molar-refractivity contribution < 1.29 is 4.79 Å². The van der Waals surface area contributed by atoms with Gasteiger partial charge in [0.2, 0.25) is 5.91 Å². The maximum absolute atomic E-state index is 13.5. The first-order valence-corrected chi connectivity index (χ1v) is 12.4. The largest absolute Gasteiger partial charge is 0.342 e. The van der Waals surface area contributed by atoms with Crippen molar-refractivity contribution in [3.8, 4) is 0 Å². The van der Waals surface area contributed by atoms with Gasteiger partial charge in [0.15, 0.2) is 5.16 Å². The van der Waals surface area contributed by atoms with Crippen molar-refractivity contribution in [2.45, 2.75) is 57.5 Å². The molecule has 1 saturated heterocycles. The quantitative estimate of drug-likeness (QED) is 0.424. The summed E-state index contributed by atoms with van der Waals surface area (Å²) in [5.74, 6) is 0.791. The van der Waals surface area contributed by atoms with E-state index in [0.29, 0.717) is 23.0 Å². The van der Waals surface area contributed by atoms with Crippen LogP contribution in [0.25, 0.3) is 10.2 Å². The molecule has 0 N–H and O–H groups in total. The fourth-order valence-electron chi connectivity index (χ4n) is 3.89. The van der Waals surface area contributed by atoms with Gasteiger partial charge in [-0.05, 0) is 57.2 Å². The lowest BCUT2D eigenvalue weighted by Crippen LogP contribution is -2.42. The Balaban J connectivity index is 1.69. The van der Waals surface area contributed by atoms with E-state index in [1.807, 2.05) is 43.9 Å². The summed E-state index contributed by atoms with van der Waals surface area (Å²) >= 11 is 2.91. The van der Waals surface area contributed by atoms with E-state index in [0.717, 1.165) is 46.9 Å². The van der Waals surface area contributed by atoms with E-state index >= 15 is 0 Å². The molecule has 4 heterocycles. The number of hydrogen-bond donors (Lipinski definition) is 0. The standard InChI is InChI=1S/C23H28N4O2S2/c1-14-8-11-26(12-9-14)21(28)17(4)31-23-25-20-19(15(2)16(3)30-20)22(29)27(23)13-18-7-5-6-10-24-18/h5-7,10,14,17H,8-9,11-13H2,1-4H3. The number of piperidine rings is 1. The molecule has 6 nitrogen and oxygen atoms in total. The fourth-order valence-corrected chi connectivity index (χ4v) is 5.95. The monoisotopic (exact) mass is 456 g/mol. The Kier molecular flexibility index (Phi) is 6.48. The highest BCUT2D eigenvalue weighted by Gasteiger charge is 2.27. The minimum Gasteiger partial charge on any atom is -0.342 e. The SMILES string of the molecule is Cc1sc2nc(SC(C)C(=O)N3CCC(C)CC3)n(Cc3ccccn3)c(=O)c2c1C. The van der Waals surface area contributed by atoms with Crippen LogP contribution in [0.2, 0.25) is 0 Å². The first-order valence-electron chi connectivity index (χ1n) is 10.7. The van der Waals surface area contributed by atoms with Crippen LogP contribution >= 0.6 is 23.1 Å². The Hall–Kier alpha value is -2.19. The van der Waals surface area contributed by atoms with Crippen molar-refractivity contribution in [3.63, 3.8) is 0 Å². The summed E-state index contributed by atoms with van der Waals surface area (Å²) in [5, 5.41) is 0.942. The highest BCUT2D eigenvalue weighted by molar-refractivity contribution is 8.00. The minimum absolute atomic E-state index is 0.0635. The molecule has 1 atom stereocenters. The van der Waals surface area contributed by atoms with E-state index in [1.54, 1.807) is 10.8 Å². The van der Waals surface area contributed by atoms with Gasteiger partial charge in [-0.25, -0.2) is 4.98 Å². The second-order valence-corrected chi connectivity index (χ2v) is 10.8. The number of hydrogen-bond acceptors (Lipinski definition) is 6. The van der Waals surface area contributed by atoms with Crippen LogP contribution in [0.1, 0.15) is 42.8 Å². The summed E-state index contributed by atoms with van der Waals surface area (Å²) in [6.07, 6.45) is 3.82. The number of amides is 1. The summed E-state index contributed by atoms with van der Waals surface area (Å²) in [5.41, 5.74) is 1.71. The van der Waals surface area contributed by atoms with Gasteiger partial charge in [-0.3, -0.25) is 19.1 Å². The van der Waals surface area contributed by atoms with Gasteiger partial charge in [-0.2, -0.15) is 0 Å². The summed E-state index contributed by atoms with van der Waals surface area (Å²) in [6.45, 7) is 10.1. The molecule has 1 aliphatic rings. The molecule has 3 aromatic rings. The molecular weight excluding hydrogens is 428 g/mol. The van der Waals surface area contributed by atoms with Crippen molar-refractivity contribution in [1.82, 2.24) is 19.4 Å². The van der Waals surface area contributed by atoms with Crippen LogP contribution in [-0.4, -0.2) is 43.7 Å². The third kappa shape index (κ3) is 4.55. The molecule has 3 aromatic heterocycles. The lowest BCUT2D eigenvalue weighted by Gasteiger charge is -2.32. The zero-order chi connectivity index (χ0) is 22.1. The molecule has 164 valence electrons. The number of aromatic nitrogens is 3. The summed E-state index contributed by atoms with van der Waals surface area (Å²) in [4.78, 5) is 39.6. The lowest BCUT2D eigenvalue weighted by atomic mass is 9.99. The summed E-state index contributed by atoms with van der Waals surface area (Å²) in [7, 11) is 0. The van der Waals surface area contributed by atoms with Crippen LogP contribution in [0.3, 0.4) is 0 Å². The number of likely N-dealkylation sites (tertiary alicyclic amines) is 1. The first kappa shape index (κ1) is 22.0. The van der Waals surface area contributed by atoms with Gasteiger partial charge in [0.25, 0.3) is 5.56 Å². The molecular formula is C23H28N4O2S2. The van der Waals surface area contributed by atoms with E-state index < -0.39 is 0 Å². The molecule has 0 radical (unpaired) electrons. The van der Waals surface area contributed by atoms with Crippen LogP contribution in [0.5, 0.6) is 0 Å². The Morgan fingerprint density at radius 2 is 2.03 bits per heavy atom. The third-order valence-electron chi connectivity index (χ3n) is 6.03. The topological polar surface area (TPSA) is 68.1 Å². The van der Waals surface area contributed by atoms with Gasteiger partial charge in [0, 0.05) is 24.2 Å². The van der Waals surface area contributed by atoms with Crippen LogP contribution in [0.4, 0.5) is 0 Å². The fraction of sp³-hybridized carbons (Fsp3) is 0.478. The van der Waals surface area contributed by atoms with E-state index in [2.05, 4.69) is 11.9 Å². The number of thiophene rings is 1. The van der Waals surface area contributed by atoms with E-state index in [1.165, 1.54) is 23.1 Å². The number of pyridine rings is 1. The molecule has 31 heavy (non-hydrogen) atoms. The van der Waals surface area contributed by atoms with Crippen molar-refractivity contribution in [2.75, 3.05) is 13.1 Å². The van der Waals surface area contributed by atoms with Crippen molar-refractivity contribution >= 4 is 39.2 Å². The van der Waals surface area contributed by atoms with Crippen LogP contribution < -0.4 is 5.56 Å². The summed E-state index contributed by atoms with van der Waals surface area (Å²) < 4.78 is 1.68. The van der Waals surface area contributed by atoms with Gasteiger partial charge < -0.3 is 4.90 Å². The smallest absolute Gasteiger partial charge is 0.263 e. The van der Waals surface area contributed by atoms with Crippen molar-refractivity contribution in [2.24, 2.45) is 5.92 Å². The Morgan fingerprint density at radius 1 is 1.29 bits per heavy atom. The molecule has 1 amide bonds. The zero-order valence-electron chi connectivity index (χ0n) is 18.4. The number of nitrogens with zero attached hydrogens (tertiary/aromatic N) is 4. The van der Waals surface area contributed by atoms with Crippen LogP contribution in [-0.2, 0) is 11.3 Å². The second kappa shape index (κ2) is 9.12. The van der Waals surface area contributed by atoms with Gasteiger partial charge in [-0.1, -0.05) is 24.8 Å². The molecule has 1 aliphatic heterocycles. The number of fused-ring (bicyclic) bond motifs is 1. The number of aryl methyl sites for hydroxylation is 2. The van der Waals surface area contributed by atoms with Gasteiger partial charge in [0.1, 0.15) is 4.83 Å². The first-order chi connectivity index (χ1) is 14.8.